The second-order valence-corrected chi connectivity index (χ2v) is 5.58. The van der Waals surface area contributed by atoms with Crippen molar-refractivity contribution in [1.29, 1.82) is 0 Å². The minimum Gasteiger partial charge on any atom is -0.289 e. The van der Waals surface area contributed by atoms with Crippen LogP contribution in [0.25, 0.3) is 11.1 Å². The smallest absolute Gasteiger partial charge is 0.234 e. The number of aryl methyl sites for hydroxylation is 1. The van der Waals surface area contributed by atoms with E-state index >= 15 is 0 Å². The Bertz CT molecular complexity index is 862. The lowest BCUT2D eigenvalue weighted by Crippen LogP contribution is -2.06. The van der Waals surface area contributed by atoms with Crippen LogP contribution in [-0.4, -0.2) is 12.1 Å². The molecule has 0 unspecified atom stereocenters. The van der Waals surface area contributed by atoms with Crippen LogP contribution >= 0.6 is 0 Å². The Hall–Kier alpha value is -3.00. The molecule has 0 saturated carbocycles. The van der Waals surface area contributed by atoms with E-state index < -0.39 is 0 Å². The lowest BCUT2D eigenvalue weighted by molar-refractivity contribution is 0.103. The largest absolute Gasteiger partial charge is 0.289 e. The number of benzene rings is 3. The third-order valence-corrected chi connectivity index (χ3v) is 4.12. The van der Waals surface area contributed by atoms with Crippen molar-refractivity contribution in [3.8, 4) is 11.1 Å². The molecule has 3 rings (SSSR count). The molecule has 1 radical (unpaired) electrons. The summed E-state index contributed by atoms with van der Waals surface area (Å²) in [4.78, 5) is 24.4. The minimum atomic E-state index is -0.159. The quantitative estimate of drug-likeness (QED) is 0.645. The molecule has 0 aliphatic carbocycles. The van der Waals surface area contributed by atoms with Gasteiger partial charge in [0, 0.05) is 16.7 Å². The van der Waals surface area contributed by atoms with Crippen LogP contribution in [0.1, 0.15) is 34.0 Å². The summed E-state index contributed by atoms with van der Waals surface area (Å²) in [5.41, 5.74) is 4.07. The summed E-state index contributed by atoms with van der Waals surface area (Å²) in [6.45, 7) is 2.07. The van der Waals surface area contributed by atoms with Gasteiger partial charge in [-0.25, -0.2) is 0 Å². The first-order chi connectivity index (χ1) is 11.7. The molecule has 0 spiro atoms. The van der Waals surface area contributed by atoms with Gasteiger partial charge in [0.1, 0.15) is 0 Å². The van der Waals surface area contributed by atoms with Crippen LogP contribution in [0, 0.1) is 0 Å². The van der Waals surface area contributed by atoms with E-state index in [1.165, 1.54) is 5.56 Å². The molecule has 3 aromatic carbocycles. The average Bonchev–Trinajstić information content (AvgIpc) is 2.67. The van der Waals surface area contributed by atoms with Crippen molar-refractivity contribution in [3.63, 3.8) is 0 Å². The van der Waals surface area contributed by atoms with Crippen molar-refractivity contribution in [2.24, 2.45) is 0 Å². The lowest BCUT2D eigenvalue weighted by atomic mass is 9.92. The Labute approximate surface area is 141 Å². The van der Waals surface area contributed by atoms with Crippen LogP contribution in [0.4, 0.5) is 0 Å². The van der Waals surface area contributed by atoms with E-state index in [-0.39, 0.29) is 5.78 Å². The van der Waals surface area contributed by atoms with Crippen LogP contribution in [0.5, 0.6) is 0 Å². The van der Waals surface area contributed by atoms with Gasteiger partial charge in [-0.1, -0.05) is 79.7 Å². The third kappa shape index (κ3) is 3.04. The fraction of sp³-hybridized carbons (Fsp3) is 0.0909. The van der Waals surface area contributed by atoms with Gasteiger partial charge in [-0.05, 0) is 23.1 Å². The summed E-state index contributed by atoms with van der Waals surface area (Å²) in [7, 11) is 0. The average molecular weight is 313 g/mol. The standard InChI is InChI=1S/C22H17O2/c1-2-16-11-13-18(14-12-16)22(24)20-10-6-9-19(21(20)15-23)17-7-4-3-5-8-17/h3-14H,2H2,1H3. The van der Waals surface area contributed by atoms with Gasteiger partial charge in [0.25, 0.3) is 0 Å². The van der Waals surface area contributed by atoms with Gasteiger partial charge in [-0.15, -0.1) is 0 Å². The van der Waals surface area contributed by atoms with Gasteiger partial charge in [0.15, 0.2) is 5.78 Å². The first kappa shape index (κ1) is 15.9. The highest BCUT2D eigenvalue weighted by Crippen LogP contribution is 2.26. The maximum atomic E-state index is 12.8. The number of hydrogen-bond donors (Lipinski definition) is 0. The summed E-state index contributed by atoms with van der Waals surface area (Å²) in [6, 6.07) is 22.4. The summed E-state index contributed by atoms with van der Waals surface area (Å²) >= 11 is 0. The lowest BCUT2D eigenvalue weighted by Gasteiger charge is -2.10. The van der Waals surface area contributed by atoms with Crippen LogP contribution in [-0.2, 0) is 11.2 Å². The Kier molecular flexibility index (Phi) is 4.66. The number of hydrogen-bond acceptors (Lipinski definition) is 2. The van der Waals surface area contributed by atoms with Gasteiger partial charge in [0.2, 0.25) is 6.29 Å². The van der Waals surface area contributed by atoms with Crippen molar-refractivity contribution in [2.75, 3.05) is 0 Å². The fourth-order valence-corrected chi connectivity index (χ4v) is 2.76. The molecule has 0 fully saturated rings. The molecule has 0 atom stereocenters. The molecule has 0 heterocycles. The van der Waals surface area contributed by atoms with Crippen molar-refractivity contribution >= 4 is 12.1 Å². The molecular weight excluding hydrogens is 296 g/mol. The SMILES string of the molecule is CCc1ccc(C(=O)c2cccc(-c3ccccc3)c2[C]=O)cc1. The van der Waals surface area contributed by atoms with E-state index in [9.17, 15) is 9.59 Å². The van der Waals surface area contributed by atoms with Gasteiger partial charge in [0.05, 0.1) is 0 Å². The number of carbonyl (C=O) groups is 1. The van der Waals surface area contributed by atoms with E-state index in [1.807, 2.05) is 66.9 Å². The summed E-state index contributed by atoms with van der Waals surface area (Å²) in [6.07, 6.45) is 2.89. The number of ketones is 1. The normalized spacial score (nSPS) is 10.4. The van der Waals surface area contributed by atoms with Gasteiger partial charge < -0.3 is 0 Å². The van der Waals surface area contributed by atoms with Crippen molar-refractivity contribution < 1.29 is 9.59 Å². The van der Waals surface area contributed by atoms with Crippen LogP contribution in [0.15, 0.2) is 72.8 Å². The molecule has 0 bridgehead atoms. The van der Waals surface area contributed by atoms with E-state index in [1.54, 1.807) is 12.1 Å². The first-order valence-corrected chi connectivity index (χ1v) is 7.94. The summed E-state index contributed by atoms with van der Waals surface area (Å²) in [5.74, 6) is -0.159. The van der Waals surface area contributed by atoms with Crippen molar-refractivity contribution in [1.82, 2.24) is 0 Å². The monoisotopic (exact) mass is 313 g/mol. The molecule has 24 heavy (non-hydrogen) atoms. The highest BCUT2D eigenvalue weighted by molar-refractivity contribution is 6.14. The second kappa shape index (κ2) is 7.05. The molecule has 0 aliphatic heterocycles. The predicted molar refractivity (Wildman–Crippen MR) is 95.9 cm³/mol. The number of rotatable bonds is 5. The molecule has 0 aliphatic rings. The molecule has 0 aromatic heterocycles. The zero-order valence-corrected chi connectivity index (χ0v) is 13.5. The highest BCUT2D eigenvalue weighted by Gasteiger charge is 2.17. The Balaban J connectivity index is 2.07. The molecule has 3 aromatic rings. The molecule has 117 valence electrons. The number of carbonyl (C=O) groups excluding carboxylic acids is 2. The predicted octanol–water partition coefficient (Wildman–Crippen LogP) is 4.60. The zero-order chi connectivity index (χ0) is 16.9. The fourth-order valence-electron chi connectivity index (χ4n) is 2.76. The second-order valence-electron chi connectivity index (χ2n) is 5.58. The van der Waals surface area contributed by atoms with Crippen LogP contribution in [0.3, 0.4) is 0 Å². The molecule has 0 amide bonds. The first-order valence-electron chi connectivity index (χ1n) is 7.94. The van der Waals surface area contributed by atoms with Crippen LogP contribution in [0.2, 0.25) is 0 Å². The highest BCUT2D eigenvalue weighted by atomic mass is 16.1. The topological polar surface area (TPSA) is 34.1 Å². The van der Waals surface area contributed by atoms with E-state index in [0.717, 1.165) is 17.5 Å². The Morgan fingerprint density at radius 3 is 2.21 bits per heavy atom. The summed E-state index contributed by atoms with van der Waals surface area (Å²) < 4.78 is 0. The Morgan fingerprint density at radius 2 is 1.58 bits per heavy atom. The van der Waals surface area contributed by atoms with Crippen molar-refractivity contribution in [2.45, 2.75) is 13.3 Å². The summed E-state index contributed by atoms with van der Waals surface area (Å²) in [5, 5.41) is 0. The molecule has 0 N–H and O–H groups in total. The van der Waals surface area contributed by atoms with E-state index in [2.05, 4.69) is 6.92 Å². The zero-order valence-electron chi connectivity index (χ0n) is 13.5. The maximum absolute atomic E-state index is 12.8. The van der Waals surface area contributed by atoms with E-state index in [0.29, 0.717) is 16.7 Å². The van der Waals surface area contributed by atoms with Crippen molar-refractivity contribution in [3.05, 3.63) is 95.1 Å². The van der Waals surface area contributed by atoms with Gasteiger partial charge in [-0.3, -0.25) is 9.59 Å². The Morgan fingerprint density at radius 1 is 0.875 bits per heavy atom. The van der Waals surface area contributed by atoms with Gasteiger partial charge in [-0.2, -0.15) is 0 Å². The third-order valence-electron chi connectivity index (χ3n) is 4.12. The molecule has 2 nitrogen and oxygen atoms in total. The minimum absolute atomic E-state index is 0.159. The van der Waals surface area contributed by atoms with Gasteiger partial charge >= 0.3 is 0 Å². The molecule has 0 saturated heterocycles. The van der Waals surface area contributed by atoms with E-state index in [4.69, 9.17) is 0 Å². The molecular formula is C22H17O2. The van der Waals surface area contributed by atoms with Crippen LogP contribution < -0.4 is 0 Å². The molecule has 2 heteroatoms. The maximum Gasteiger partial charge on any atom is 0.234 e.